The van der Waals surface area contributed by atoms with E-state index >= 15 is 0 Å². The van der Waals surface area contributed by atoms with Crippen molar-refractivity contribution in [1.29, 1.82) is 0 Å². The summed E-state index contributed by atoms with van der Waals surface area (Å²) in [5.74, 6) is -1.03. The van der Waals surface area contributed by atoms with Gasteiger partial charge in [0.15, 0.2) is 0 Å². The molecule has 150 valence electrons. The van der Waals surface area contributed by atoms with Crippen LogP contribution in [0, 0.1) is 0 Å². The molecule has 1 saturated heterocycles. The summed E-state index contributed by atoms with van der Waals surface area (Å²) < 4.78 is 5.21. The summed E-state index contributed by atoms with van der Waals surface area (Å²) in [6.07, 6.45) is 4.46. The molecule has 1 aromatic rings. The molecule has 0 spiro atoms. The Bertz CT molecular complexity index is 750. The van der Waals surface area contributed by atoms with Gasteiger partial charge in [-0.3, -0.25) is 19.3 Å². The molecule has 0 radical (unpaired) electrons. The van der Waals surface area contributed by atoms with Gasteiger partial charge in [-0.25, -0.2) is 4.79 Å². The monoisotopic (exact) mass is 386 g/mol. The maximum atomic E-state index is 12.7. The number of hydrogen-bond donors (Lipinski definition) is 1. The molecule has 2 aliphatic rings. The van der Waals surface area contributed by atoms with Crippen LogP contribution >= 0.6 is 0 Å². The summed E-state index contributed by atoms with van der Waals surface area (Å²) in [6.45, 7) is 2.25. The highest BCUT2D eigenvalue weighted by molar-refractivity contribution is 6.02. The van der Waals surface area contributed by atoms with E-state index in [-0.39, 0.29) is 49.7 Å². The number of ether oxygens (including phenoxy) is 1. The minimum Gasteiger partial charge on any atom is -0.464 e. The van der Waals surface area contributed by atoms with Crippen molar-refractivity contribution in [2.45, 2.75) is 64.0 Å². The second-order valence-corrected chi connectivity index (χ2v) is 7.39. The van der Waals surface area contributed by atoms with Gasteiger partial charge in [-0.1, -0.05) is 31.4 Å². The van der Waals surface area contributed by atoms with Crippen LogP contribution in [0.3, 0.4) is 0 Å². The summed E-state index contributed by atoms with van der Waals surface area (Å²) in [4.78, 5) is 50.0. The van der Waals surface area contributed by atoms with Crippen molar-refractivity contribution in [2.24, 2.45) is 0 Å². The number of amides is 3. The molecule has 1 aliphatic carbocycles. The van der Waals surface area contributed by atoms with Crippen molar-refractivity contribution < 1.29 is 23.9 Å². The lowest BCUT2D eigenvalue weighted by Gasteiger charge is -2.35. The minimum atomic E-state index is -0.960. The fraction of sp³-hybridized carbons (Fsp3) is 0.524. The number of rotatable bonds is 6. The number of hydrogen-bond acceptors (Lipinski definition) is 5. The molecule has 1 heterocycles. The molecule has 2 fully saturated rings. The van der Waals surface area contributed by atoms with Crippen LogP contribution in [0.1, 0.15) is 67.8 Å². The van der Waals surface area contributed by atoms with Gasteiger partial charge in [-0.15, -0.1) is 0 Å². The van der Waals surface area contributed by atoms with Crippen LogP contribution in [-0.4, -0.2) is 40.7 Å². The van der Waals surface area contributed by atoms with Crippen molar-refractivity contribution in [2.75, 3.05) is 6.61 Å². The lowest BCUT2D eigenvalue weighted by molar-refractivity contribution is -0.152. The third-order valence-corrected chi connectivity index (χ3v) is 5.44. The van der Waals surface area contributed by atoms with Crippen molar-refractivity contribution >= 4 is 23.7 Å². The Morgan fingerprint density at radius 2 is 1.64 bits per heavy atom. The lowest BCUT2D eigenvalue weighted by atomic mass is 9.81. The van der Waals surface area contributed by atoms with E-state index in [4.69, 9.17) is 4.74 Å². The second-order valence-electron chi connectivity index (χ2n) is 7.39. The van der Waals surface area contributed by atoms with E-state index in [1.54, 1.807) is 31.2 Å². The Morgan fingerprint density at radius 3 is 2.21 bits per heavy atom. The lowest BCUT2D eigenvalue weighted by Crippen LogP contribution is -2.56. The van der Waals surface area contributed by atoms with E-state index in [1.165, 1.54) is 4.90 Å². The first-order valence-electron chi connectivity index (χ1n) is 9.87. The van der Waals surface area contributed by atoms with Gasteiger partial charge in [0.05, 0.1) is 13.2 Å². The first-order valence-corrected chi connectivity index (χ1v) is 9.87. The van der Waals surface area contributed by atoms with Crippen LogP contribution in [0.15, 0.2) is 24.3 Å². The molecule has 28 heavy (non-hydrogen) atoms. The molecule has 3 amide bonds. The average Bonchev–Trinajstić information content (AvgIpc) is 3.01. The highest BCUT2D eigenvalue weighted by atomic mass is 16.5. The summed E-state index contributed by atoms with van der Waals surface area (Å²) in [7, 11) is 0. The highest BCUT2D eigenvalue weighted by Crippen LogP contribution is 2.30. The molecular formula is C21H26N2O5. The quantitative estimate of drug-likeness (QED) is 0.598. The summed E-state index contributed by atoms with van der Waals surface area (Å²) in [5.41, 5.74) is 0.244. The van der Waals surface area contributed by atoms with Crippen molar-refractivity contribution in [3.05, 3.63) is 35.4 Å². The second kappa shape index (κ2) is 8.54. The summed E-state index contributed by atoms with van der Waals surface area (Å²) in [5, 5.41) is 2.91. The summed E-state index contributed by atoms with van der Waals surface area (Å²) in [6, 6.07) is 6.76. The van der Waals surface area contributed by atoms with Gasteiger partial charge in [0.1, 0.15) is 5.54 Å². The van der Waals surface area contributed by atoms with E-state index in [0.29, 0.717) is 18.4 Å². The van der Waals surface area contributed by atoms with Crippen molar-refractivity contribution in [1.82, 2.24) is 10.2 Å². The van der Waals surface area contributed by atoms with Crippen LogP contribution in [0.25, 0.3) is 0 Å². The van der Waals surface area contributed by atoms with E-state index in [1.807, 2.05) is 0 Å². The third-order valence-electron chi connectivity index (χ3n) is 5.44. The number of carbonyl (C=O) groups excluding carboxylic acids is 4. The molecule has 0 atom stereocenters. The number of esters is 1. The number of nitrogens with one attached hydrogen (secondary N) is 1. The Hall–Kier alpha value is -2.70. The van der Waals surface area contributed by atoms with E-state index in [0.717, 1.165) is 24.8 Å². The Kier molecular flexibility index (Phi) is 6.11. The fourth-order valence-electron chi connectivity index (χ4n) is 3.84. The smallest absolute Gasteiger partial charge is 0.331 e. The van der Waals surface area contributed by atoms with E-state index in [9.17, 15) is 19.2 Å². The SMILES string of the molecule is CCOC(=O)C1(NC(=O)c2ccc(CN3C(=O)CCC3=O)cc2)CCCCC1. The Balaban J connectivity index is 1.68. The zero-order valence-corrected chi connectivity index (χ0v) is 16.2. The van der Waals surface area contributed by atoms with Gasteiger partial charge in [0.2, 0.25) is 11.8 Å². The first kappa shape index (κ1) is 20.0. The molecular weight excluding hydrogens is 360 g/mol. The predicted octanol–water partition coefficient (Wildman–Crippen LogP) is 2.33. The Morgan fingerprint density at radius 1 is 1.04 bits per heavy atom. The van der Waals surface area contributed by atoms with E-state index in [2.05, 4.69) is 5.32 Å². The standard InChI is InChI=1S/C21H26N2O5/c1-2-28-20(27)21(12-4-3-5-13-21)22-19(26)16-8-6-15(7-9-16)14-23-17(24)10-11-18(23)25/h6-9H,2-5,10-14H2,1H3,(H,22,26). The molecule has 1 N–H and O–H groups in total. The van der Waals surface area contributed by atoms with Crippen molar-refractivity contribution in [3.63, 3.8) is 0 Å². The van der Waals surface area contributed by atoms with Gasteiger partial charge in [-0.2, -0.15) is 0 Å². The molecule has 1 aromatic carbocycles. The molecule has 0 bridgehead atoms. The molecule has 3 rings (SSSR count). The number of carbonyl (C=O) groups is 4. The maximum absolute atomic E-state index is 12.7. The first-order chi connectivity index (χ1) is 13.4. The molecule has 0 aromatic heterocycles. The van der Waals surface area contributed by atoms with Crippen LogP contribution in [0.4, 0.5) is 0 Å². The normalized spacial score (nSPS) is 18.8. The van der Waals surface area contributed by atoms with Crippen LogP contribution in [-0.2, 0) is 25.7 Å². The zero-order chi connectivity index (χ0) is 20.1. The van der Waals surface area contributed by atoms with Crippen LogP contribution in [0.2, 0.25) is 0 Å². The minimum absolute atomic E-state index is 0.166. The Labute approximate surface area is 164 Å². The largest absolute Gasteiger partial charge is 0.464 e. The molecule has 1 aliphatic heterocycles. The van der Waals surface area contributed by atoms with E-state index < -0.39 is 5.54 Å². The topological polar surface area (TPSA) is 92.8 Å². The molecule has 1 saturated carbocycles. The average molecular weight is 386 g/mol. The summed E-state index contributed by atoms with van der Waals surface area (Å²) >= 11 is 0. The van der Waals surface area contributed by atoms with Gasteiger partial charge in [-0.05, 0) is 37.5 Å². The van der Waals surface area contributed by atoms with Crippen LogP contribution in [0.5, 0.6) is 0 Å². The van der Waals surface area contributed by atoms with Crippen molar-refractivity contribution in [3.8, 4) is 0 Å². The molecule has 0 unspecified atom stereocenters. The number of likely N-dealkylation sites (tertiary alicyclic amines) is 1. The number of imide groups is 1. The molecule has 7 nitrogen and oxygen atoms in total. The maximum Gasteiger partial charge on any atom is 0.331 e. The fourth-order valence-corrected chi connectivity index (χ4v) is 3.84. The van der Waals surface area contributed by atoms with Gasteiger partial charge < -0.3 is 10.1 Å². The molecule has 7 heteroatoms. The zero-order valence-electron chi connectivity index (χ0n) is 16.2. The number of nitrogens with zero attached hydrogens (tertiary/aromatic N) is 1. The van der Waals surface area contributed by atoms with Crippen LogP contribution < -0.4 is 5.32 Å². The number of benzene rings is 1. The van der Waals surface area contributed by atoms with Gasteiger partial charge in [0, 0.05) is 18.4 Å². The predicted molar refractivity (Wildman–Crippen MR) is 101 cm³/mol. The highest BCUT2D eigenvalue weighted by Gasteiger charge is 2.42. The van der Waals surface area contributed by atoms with Gasteiger partial charge in [0.25, 0.3) is 5.91 Å². The van der Waals surface area contributed by atoms with Gasteiger partial charge >= 0.3 is 5.97 Å². The third kappa shape index (κ3) is 4.24.